The van der Waals surface area contributed by atoms with Gasteiger partial charge in [0.15, 0.2) is 0 Å². The van der Waals surface area contributed by atoms with E-state index in [2.05, 4.69) is 23.2 Å². The predicted molar refractivity (Wildman–Crippen MR) is 99.8 cm³/mol. The standard InChI is InChI=1S/C21H15NO4/c23-20-17-9-8-15(10-19(17)22-11-18(20)21(24)25)26-12-14-6-3-5-13-4-1-2-7-16(13)14/h1-11H,12H2,(H,22,23)(H,24,25). The number of carboxylic acids is 1. The first-order valence-corrected chi connectivity index (χ1v) is 8.11. The van der Waals surface area contributed by atoms with E-state index in [1.54, 1.807) is 18.2 Å². The van der Waals surface area contributed by atoms with Crippen molar-refractivity contribution in [1.82, 2.24) is 4.98 Å². The van der Waals surface area contributed by atoms with E-state index in [1.165, 1.54) is 6.20 Å². The zero-order valence-corrected chi connectivity index (χ0v) is 13.7. The number of hydrogen-bond donors (Lipinski definition) is 2. The number of fused-ring (bicyclic) bond motifs is 2. The van der Waals surface area contributed by atoms with Gasteiger partial charge in [0.1, 0.15) is 17.9 Å². The summed E-state index contributed by atoms with van der Waals surface area (Å²) in [5.41, 5.74) is 0.821. The normalized spacial score (nSPS) is 10.9. The smallest absolute Gasteiger partial charge is 0.341 e. The number of aromatic carboxylic acids is 1. The molecule has 0 spiro atoms. The number of H-pyrrole nitrogens is 1. The van der Waals surface area contributed by atoms with Gasteiger partial charge in [0.2, 0.25) is 5.43 Å². The SMILES string of the molecule is O=C(O)c1c[nH]c2cc(OCc3cccc4ccccc34)ccc2c1=O. The van der Waals surface area contributed by atoms with Gasteiger partial charge in [0.05, 0.1) is 5.52 Å². The molecular weight excluding hydrogens is 330 g/mol. The van der Waals surface area contributed by atoms with Gasteiger partial charge in [-0.1, -0.05) is 42.5 Å². The lowest BCUT2D eigenvalue weighted by Gasteiger charge is -2.10. The second kappa shape index (κ2) is 6.37. The Bertz CT molecular complexity index is 1190. The maximum absolute atomic E-state index is 12.2. The average Bonchev–Trinajstić information content (AvgIpc) is 2.66. The van der Waals surface area contributed by atoms with E-state index in [0.717, 1.165) is 16.3 Å². The Balaban J connectivity index is 1.64. The van der Waals surface area contributed by atoms with Crippen LogP contribution in [0.15, 0.2) is 71.7 Å². The highest BCUT2D eigenvalue weighted by molar-refractivity contribution is 5.92. The summed E-state index contributed by atoms with van der Waals surface area (Å²) in [5, 5.41) is 11.6. The predicted octanol–water partition coefficient (Wildman–Crippen LogP) is 3.96. The third kappa shape index (κ3) is 2.80. The highest BCUT2D eigenvalue weighted by Crippen LogP contribution is 2.22. The lowest BCUT2D eigenvalue weighted by Crippen LogP contribution is -2.15. The van der Waals surface area contributed by atoms with Gasteiger partial charge in [-0.25, -0.2) is 4.79 Å². The molecular formula is C21H15NO4. The largest absolute Gasteiger partial charge is 0.489 e. The van der Waals surface area contributed by atoms with Gasteiger partial charge in [-0.3, -0.25) is 4.79 Å². The molecule has 26 heavy (non-hydrogen) atoms. The monoisotopic (exact) mass is 345 g/mol. The van der Waals surface area contributed by atoms with Crippen molar-refractivity contribution in [2.45, 2.75) is 6.61 Å². The van der Waals surface area contributed by atoms with Crippen LogP contribution >= 0.6 is 0 Å². The third-order valence-electron chi connectivity index (χ3n) is 4.36. The second-order valence-electron chi connectivity index (χ2n) is 5.97. The fraction of sp³-hybridized carbons (Fsp3) is 0.0476. The van der Waals surface area contributed by atoms with E-state index >= 15 is 0 Å². The number of aromatic nitrogens is 1. The van der Waals surface area contributed by atoms with Crippen molar-refractivity contribution >= 4 is 27.6 Å². The molecule has 128 valence electrons. The molecule has 0 saturated carbocycles. The fourth-order valence-electron chi connectivity index (χ4n) is 3.03. The topological polar surface area (TPSA) is 79.4 Å². The lowest BCUT2D eigenvalue weighted by molar-refractivity contribution is 0.0695. The molecule has 0 radical (unpaired) electrons. The number of carbonyl (C=O) groups is 1. The van der Waals surface area contributed by atoms with Crippen molar-refractivity contribution in [3.05, 3.63) is 88.2 Å². The van der Waals surface area contributed by atoms with Crippen LogP contribution in [-0.4, -0.2) is 16.1 Å². The van der Waals surface area contributed by atoms with E-state index in [0.29, 0.717) is 23.3 Å². The van der Waals surface area contributed by atoms with E-state index in [9.17, 15) is 9.59 Å². The molecule has 2 N–H and O–H groups in total. The number of rotatable bonds is 4. The molecule has 1 aromatic heterocycles. The summed E-state index contributed by atoms with van der Waals surface area (Å²) in [6.07, 6.45) is 1.21. The zero-order valence-electron chi connectivity index (χ0n) is 13.7. The Morgan fingerprint density at radius 3 is 2.65 bits per heavy atom. The van der Waals surface area contributed by atoms with E-state index in [1.807, 2.05) is 24.3 Å². The van der Waals surface area contributed by atoms with Crippen LogP contribution < -0.4 is 10.2 Å². The van der Waals surface area contributed by atoms with Crippen LogP contribution in [0.4, 0.5) is 0 Å². The minimum absolute atomic E-state index is 0.276. The highest BCUT2D eigenvalue weighted by Gasteiger charge is 2.12. The number of pyridine rings is 1. The summed E-state index contributed by atoms with van der Waals surface area (Å²) in [6.45, 7) is 0.393. The van der Waals surface area contributed by atoms with Crippen molar-refractivity contribution in [1.29, 1.82) is 0 Å². The quantitative estimate of drug-likeness (QED) is 0.587. The first-order valence-electron chi connectivity index (χ1n) is 8.11. The Morgan fingerprint density at radius 2 is 1.81 bits per heavy atom. The summed E-state index contributed by atoms with van der Waals surface area (Å²) in [6, 6.07) is 19.1. The van der Waals surface area contributed by atoms with Crippen LogP contribution in [0.3, 0.4) is 0 Å². The first kappa shape index (κ1) is 15.9. The van der Waals surface area contributed by atoms with E-state index in [4.69, 9.17) is 9.84 Å². The number of ether oxygens (including phenoxy) is 1. The molecule has 0 amide bonds. The maximum Gasteiger partial charge on any atom is 0.341 e. The molecule has 0 saturated heterocycles. The van der Waals surface area contributed by atoms with Crippen molar-refractivity contribution in [2.75, 3.05) is 0 Å². The molecule has 4 rings (SSSR count). The first-order chi connectivity index (χ1) is 12.6. The Morgan fingerprint density at radius 1 is 1.00 bits per heavy atom. The fourth-order valence-corrected chi connectivity index (χ4v) is 3.03. The Labute approximate surface area is 148 Å². The van der Waals surface area contributed by atoms with Gasteiger partial charge in [0.25, 0.3) is 0 Å². The summed E-state index contributed by atoms with van der Waals surface area (Å²) in [4.78, 5) is 26.1. The van der Waals surface area contributed by atoms with Crippen LogP contribution in [0.5, 0.6) is 5.75 Å². The van der Waals surface area contributed by atoms with Gasteiger partial charge in [0, 0.05) is 17.6 Å². The third-order valence-corrected chi connectivity index (χ3v) is 4.36. The number of benzene rings is 3. The Hall–Kier alpha value is -3.60. The van der Waals surface area contributed by atoms with E-state index < -0.39 is 11.4 Å². The van der Waals surface area contributed by atoms with Crippen LogP contribution in [0, 0.1) is 0 Å². The molecule has 4 aromatic rings. The molecule has 3 aromatic carbocycles. The molecule has 0 fully saturated rings. The summed E-state index contributed by atoms with van der Waals surface area (Å²) in [7, 11) is 0. The molecule has 0 aliphatic heterocycles. The van der Waals surface area contributed by atoms with Gasteiger partial charge >= 0.3 is 5.97 Å². The number of hydrogen-bond acceptors (Lipinski definition) is 3. The minimum atomic E-state index is -1.25. The summed E-state index contributed by atoms with van der Waals surface area (Å²) < 4.78 is 5.89. The Kier molecular flexibility index (Phi) is 3.89. The number of carboxylic acid groups (broad SMARTS) is 1. The van der Waals surface area contributed by atoms with Crippen molar-refractivity contribution in [3.8, 4) is 5.75 Å². The zero-order chi connectivity index (χ0) is 18.1. The number of nitrogens with one attached hydrogen (secondary N) is 1. The van der Waals surface area contributed by atoms with E-state index in [-0.39, 0.29) is 5.56 Å². The molecule has 0 atom stereocenters. The maximum atomic E-state index is 12.2. The van der Waals surface area contributed by atoms with Crippen molar-refractivity contribution < 1.29 is 14.6 Å². The van der Waals surface area contributed by atoms with Crippen LogP contribution in [-0.2, 0) is 6.61 Å². The molecule has 5 heteroatoms. The minimum Gasteiger partial charge on any atom is -0.489 e. The number of aromatic amines is 1. The lowest BCUT2D eigenvalue weighted by atomic mass is 10.1. The van der Waals surface area contributed by atoms with Crippen molar-refractivity contribution in [2.24, 2.45) is 0 Å². The molecule has 5 nitrogen and oxygen atoms in total. The van der Waals surface area contributed by atoms with Gasteiger partial charge in [-0.2, -0.15) is 0 Å². The van der Waals surface area contributed by atoms with Crippen LogP contribution in [0.2, 0.25) is 0 Å². The van der Waals surface area contributed by atoms with Crippen LogP contribution in [0.1, 0.15) is 15.9 Å². The summed E-state index contributed by atoms with van der Waals surface area (Å²) in [5.74, 6) is -0.645. The highest BCUT2D eigenvalue weighted by atomic mass is 16.5. The van der Waals surface area contributed by atoms with Crippen LogP contribution in [0.25, 0.3) is 21.7 Å². The van der Waals surface area contributed by atoms with Gasteiger partial charge in [-0.15, -0.1) is 0 Å². The molecule has 0 aliphatic rings. The van der Waals surface area contributed by atoms with Gasteiger partial charge in [-0.05, 0) is 28.5 Å². The van der Waals surface area contributed by atoms with Gasteiger partial charge < -0.3 is 14.8 Å². The molecule has 0 aliphatic carbocycles. The molecule has 1 heterocycles. The summed E-state index contributed by atoms with van der Waals surface area (Å²) >= 11 is 0. The molecule has 0 bridgehead atoms. The molecule has 0 unspecified atom stereocenters. The van der Waals surface area contributed by atoms with Crippen molar-refractivity contribution in [3.63, 3.8) is 0 Å². The second-order valence-corrected chi connectivity index (χ2v) is 5.97. The average molecular weight is 345 g/mol.